The average molecular weight is 1290 g/mol. The van der Waals surface area contributed by atoms with E-state index < -0.39 is 199 Å². The van der Waals surface area contributed by atoms with Crippen molar-refractivity contribution in [2.24, 2.45) is 35.3 Å². The fourth-order valence-electron chi connectivity index (χ4n) is 8.35. The number of aliphatic hydroxyl groups is 2. The number of rotatable bonds is 41. The highest BCUT2D eigenvalue weighted by Gasteiger charge is 2.37. The third-order valence-corrected chi connectivity index (χ3v) is 13.6. The van der Waals surface area contributed by atoms with Crippen molar-refractivity contribution >= 4 is 88.7 Å². The van der Waals surface area contributed by atoms with Gasteiger partial charge in [-0.05, 0) is 89.9 Å². The Hall–Kier alpha value is -8.07. The molecule has 0 aliphatic carbocycles. The number of carbonyl (C=O) groups excluding carboxylic acids is 13. The number of carbonyl (C=O) groups is 15. The number of nitrogens with one attached hydrogen (secondary N) is 13. The summed E-state index contributed by atoms with van der Waals surface area (Å²) in [6.07, 6.45) is -2.12. The molecule has 0 bridgehead atoms. The van der Waals surface area contributed by atoms with Gasteiger partial charge in [-0.2, -0.15) is 0 Å². The molecule has 0 unspecified atom stereocenters. The molecule has 512 valence electrons. The van der Waals surface area contributed by atoms with Gasteiger partial charge in [0.05, 0.1) is 32.2 Å². The second kappa shape index (κ2) is 40.5. The smallest absolute Gasteiger partial charge is 0.326 e. The van der Waals surface area contributed by atoms with Crippen LogP contribution in [0.1, 0.15) is 142 Å². The number of aliphatic carboxylic acids is 2. The van der Waals surface area contributed by atoms with Gasteiger partial charge in [0, 0.05) is 0 Å². The van der Waals surface area contributed by atoms with Crippen LogP contribution < -0.4 is 74.9 Å². The summed E-state index contributed by atoms with van der Waals surface area (Å²) in [5.41, 5.74) is 5.48. The second-order valence-electron chi connectivity index (χ2n) is 24.1. The summed E-state index contributed by atoms with van der Waals surface area (Å²) in [7, 11) is 0. The van der Waals surface area contributed by atoms with E-state index in [1.807, 2.05) is 0 Å². The number of carboxylic acids is 2. The number of carboxylic acid groups (broad SMARTS) is 2. The van der Waals surface area contributed by atoms with Crippen molar-refractivity contribution in [3.63, 3.8) is 0 Å². The predicted molar refractivity (Wildman–Crippen MR) is 324 cm³/mol. The van der Waals surface area contributed by atoms with E-state index in [9.17, 15) is 87.2 Å². The molecule has 0 aromatic heterocycles. The van der Waals surface area contributed by atoms with Gasteiger partial charge >= 0.3 is 11.9 Å². The van der Waals surface area contributed by atoms with Crippen LogP contribution in [0.15, 0.2) is 0 Å². The van der Waals surface area contributed by atoms with Crippen LogP contribution in [0.3, 0.4) is 0 Å². The maximum Gasteiger partial charge on any atom is 0.326 e. The fraction of sp³-hybridized carbons (Fsp3) is 0.737. The van der Waals surface area contributed by atoms with Crippen molar-refractivity contribution in [2.45, 2.75) is 221 Å². The quantitative estimate of drug-likeness (QED) is 0.0273. The third kappa shape index (κ3) is 31.4. The van der Waals surface area contributed by atoms with Gasteiger partial charge in [-0.1, -0.05) is 75.7 Å². The molecule has 0 saturated heterocycles. The number of nitrogens with two attached hydrogens (primary N) is 1. The SMILES string of the molecule is CC[C@H](C)[C@H](NC(=O)CNC(=O)CNC(=O)[C@H](CC(C)C)NC(=O)[C@H](C)NC(=O)[C@H](C)NC(=O)[C@H](CC(C)C)NC(=O)[C@H](CC(C)C)NC(=O)[C@H](C)NC(=O)[C@H](CC(=O)O)NC(=O)[C@H](CC(C)C)NC(=O)[C@@H](NC(=O)[C@H](C)NC(=O)[C@@H](N)CO)[C@@H](C)O)C(=O)O. The van der Waals surface area contributed by atoms with Gasteiger partial charge in [-0.15, -0.1) is 0 Å². The van der Waals surface area contributed by atoms with E-state index >= 15 is 0 Å². The lowest BCUT2D eigenvalue weighted by Gasteiger charge is -2.28. The molecule has 90 heavy (non-hydrogen) atoms. The molecule has 19 N–H and O–H groups in total. The minimum atomic E-state index is -1.86. The molecule has 0 fully saturated rings. The van der Waals surface area contributed by atoms with Crippen LogP contribution in [0.4, 0.5) is 0 Å². The normalized spacial score (nSPS) is 15.9. The first kappa shape index (κ1) is 81.9. The van der Waals surface area contributed by atoms with Crippen molar-refractivity contribution in [2.75, 3.05) is 19.7 Å². The van der Waals surface area contributed by atoms with Gasteiger partial charge < -0.3 is 95.3 Å². The summed E-state index contributed by atoms with van der Waals surface area (Å²) in [4.78, 5) is 196. The van der Waals surface area contributed by atoms with Crippen molar-refractivity contribution in [1.29, 1.82) is 0 Å². The summed E-state index contributed by atoms with van der Waals surface area (Å²) >= 11 is 0. The molecule has 0 aromatic rings. The van der Waals surface area contributed by atoms with Crippen LogP contribution in [0.25, 0.3) is 0 Å². The van der Waals surface area contributed by atoms with E-state index in [1.54, 1.807) is 69.2 Å². The zero-order chi connectivity index (χ0) is 69.6. The van der Waals surface area contributed by atoms with Crippen molar-refractivity contribution in [3.05, 3.63) is 0 Å². The van der Waals surface area contributed by atoms with E-state index in [0.717, 1.165) is 6.92 Å². The van der Waals surface area contributed by atoms with Crippen LogP contribution in [0, 0.1) is 29.6 Å². The van der Waals surface area contributed by atoms with Gasteiger partial charge in [0.1, 0.15) is 72.5 Å². The van der Waals surface area contributed by atoms with Gasteiger partial charge in [0.25, 0.3) is 0 Å². The van der Waals surface area contributed by atoms with E-state index in [-0.39, 0.29) is 49.4 Å². The van der Waals surface area contributed by atoms with Gasteiger partial charge in [-0.25, -0.2) is 4.79 Å². The number of amides is 13. The molecule has 0 aromatic carbocycles. The lowest BCUT2D eigenvalue weighted by molar-refractivity contribution is -0.143. The molecule has 0 radical (unpaired) electrons. The summed E-state index contributed by atoms with van der Waals surface area (Å²) in [6, 6.07) is -16.9. The van der Waals surface area contributed by atoms with Gasteiger partial charge in [0.15, 0.2) is 0 Å². The average Bonchev–Trinajstić information content (AvgIpc) is 1.23. The Morgan fingerprint density at radius 3 is 1.07 bits per heavy atom. The van der Waals surface area contributed by atoms with Crippen LogP contribution in [-0.2, 0) is 71.9 Å². The first-order chi connectivity index (χ1) is 41.6. The third-order valence-electron chi connectivity index (χ3n) is 13.6. The lowest BCUT2D eigenvalue weighted by atomic mass is 9.99. The predicted octanol–water partition coefficient (Wildman–Crippen LogP) is -4.88. The van der Waals surface area contributed by atoms with Crippen molar-refractivity contribution in [1.82, 2.24) is 69.1 Å². The minimum absolute atomic E-state index is 0.00602. The largest absolute Gasteiger partial charge is 0.481 e. The van der Waals surface area contributed by atoms with E-state index in [0.29, 0.717) is 6.42 Å². The fourth-order valence-corrected chi connectivity index (χ4v) is 8.35. The molecular formula is C57H100N14O19. The maximum atomic E-state index is 14.0. The highest BCUT2D eigenvalue weighted by molar-refractivity contribution is 6.00. The standard InChI is InChI=1S/C57H100N14O19/c1-16-29(10)44(57(89)90)70-42(75)23-59-41(74)22-60-51(83)36(17-25(2)3)65-47(79)31(12)61-46(78)30(11)63-52(84)37(18-26(4)5)67-54(86)38(19-27(6)7)66-48(80)32(13)64-53(85)40(21-43(76)77)68-55(87)39(20-28(8)9)69-56(88)45(34(15)73)71-49(81)33(14)62-50(82)35(58)24-72/h25-40,44-45,72-73H,16-24,58H2,1-15H3,(H,59,74)(H,60,83)(H,61,78)(H,62,82)(H,63,84)(H,64,85)(H,65,79)(H,66,80)(H,67,86)(H,68,87)(H,69,88)(H,70,75)(H,71,81)(H,76,77)(H,89,90)/t29-,30-,31-,32-,33-,34+,35-,36-,37-,38-,39-,40-,44-,45-/m0/s1. The van der Waals surface area contributed by atoms with Crippen LogP contribution in [-0.4, -0.2) is 207 Å². The molecule has 0 heterocycles. The van der Waals surface area contributed by atoms with Crippen LogP contribution in [0.5, 0.6) is 0 Å². The topological polar surface area (TPSA) is 519 Å². The zero-order valence-corrected chi connectivity index (χ0v) is 54.2. The molecule has 14 atom stereocenters. The van der Waals surface area contributed by atoms with Gasteiger partial charge in [-0.3, -0.25) is 67.1 Å². The van der Waals surface area contributed by atoms with Gasteiger partial charge in [0.2, 0.25) is 76.8 Å². The summed E-state index contributed by atoms with van der Waals surface area (Å²) in [6.45, 7) is 21.6. The number of hydrogen-bond donors (Lipinski definition) is 18. The minimum Gasteiger partial charge on any atom is -0.481 e. The molecule has 0 saturated carbocycles. The molecule has 13 amide bonds. The molecule has 0 rings (SSSR count). The summed E-state index contributed by atoms with van der Waals surface area (Å²) in [5, 5.41) is 69.9. The summed E-state index contributed by atoms with van der Waals surface area (Å²) < 4.78 is 0. The van der Waals surface area contributed by atoms with Crippen LogP contribution >= 0.6 is 0 Å². The Balaban J connectivity index is 6.08. The Kier molecular flexibility index (Phi) is 36.9. The van der Waals surface area contributed by atoms with Crippen molar-refractivity contribution in [3.8, 4) is 0 Å². The van der Waals surface area contributed by atoms with E-state index in [1.165, 1.54) is 27.7 Å². The Labute approximate surface area is 524 Å². The first-order valence-corrected chi connectivity index (χ1v) is 30.0. The number of aliphatic hydroxyl groups excluding tert-OH is 2. The molecule has 0 spiro atoms. The lowest BCUT2D eigenvalue weighted by Crippen LogP contribution is -2.61. The highest BCUT2D eigenvalue weighted by Crippen LogP contribution is 2.13. The Morgan fingerprint density at radius 2 is 0.689 bits per heavy atom. The van der Waals surface area contributed by atoms with E-state index in [4.69, 9.17) is 10.8 Å². The van der Waals surface area contributed by atoms with E-state index in [2.05, 4.69) is 69.1 Å². The second-order valence-corrected chi connectivity index (χ2v) is 24.1. The molecule has 33 nitrogen and oxygen atoms in total. The van der Waals surface area contributed by atoms with Crippen molar-refractivity contribution < 1.29 is 92.3 Å². The molecule has 33 heteroatoms. The molecular weight excluding hydrogens is 1180 g/mol. The zero-order valence-electron chi connectivity index (χ0n) is 54.2. The monoisotopic (exact) mass is 1280 g/mol. The number of hydrogen-bond acceptors (Lipinski definition) is 18. The molecule has 0 aliphatic rings. The Morgan fingerprint density at radius 1 is 0.367 bits per heavy atom. The summed E-state index contributed by atoms with van der Waals surface area (Å²) in [5.74, 6) is -15.9. The maximum absolute atomic E-state index is 14.0. The Bertz CT molecular complexity index is 2500. The highest BCUT2D eigenvalue weighted by atomic mass is 16.4. The van der Waals surface area contributed by atoms with Crippen LogP contribution in [0.2, 0.25) is 0 Å². The molecule has 0 aliphatic heterocycles. The first-order valence-electron chi connectivity index (χ1n) is 30.0.